The maximum absolute atomic E-state index is 11.0. The molecule has 0 saturated heterocycles. The van der Waals surface area contributed by atoms with Gasteiger partial charge in [0.15, 0.2) is 5.60 Å². The van der Waals surface area contributed by atoms with Gasteiger partial charge in [0.05, 0.1) is 4.92 Å². The minimum absolute atomic E-state index is 0.253. The molecule has 0 bridgehead atoms. The summed E-state index contributed by atoms with van der Waals surface area (Å²) in [6.45, 7) is 1.53. The Kier molecular flexibility index (Phi) is 4.05. The predicted molar refractivity (Wildman–Crippen MR) is 63.5 cm³/mol. The molecular weight excluding hydrogens is 294 g/mol. The zero-order valence-electron chi connectivity index (χ0n) is 9.34. The largest absolute Gasteiger partial charge is 0.481 e. The summed E-state index contributed by atoms with van der Waals surface area (Å²) in [5.74, 6) is -2.11. The third-order valence-electron chi connectivity index (χ3n) is 2.73. The second-order valence-corrected chi connectivity index (χ2v) is 4.35. The molecular formula is C10H12BrNO5. The van der Waals surface area contributed by atoms with Gasteiger partial charge in [-0.15, -0.1) is 0 Å². The Hall–Kier alpha value is -1.21. The molecule has 0 amide bonds. The summed E-state index contributed by atoms with van der Waals surface area (Å²) in [5.41, 5.74) is -0.914. The summed E-state index contributed by atoms with van der Waals surface area (Å²) in [4.78, 5) is 21.3. The van der Waals surface area contributed by atoms with Gasteiger partial charge in [0.1, 0.15) is 5.92 Å². The predicted octanol–water partition coefficient (Wildman–Crippen LogP) is 1.59. The number of hydrogen-bond donors (Lipinski definition) is 1. The van der Waals surface area contributed by atoms with Crippen LogP contribution in [0.3, 0.4) is 0 Å². The Labute approximate surface area is 106 Å². The Bertz CT molecular complexity index is 417. The van der Waals surface area contributed by atoms with Crippen LogP contribution >= 0.6 is 15.9 Å². The molecule has 0 radical (unpaired) electrons. The van der Waals surface area contributed by atoms with Crippen molar-refractivity contribution in [1.82, 2.24) is 0 Å². The molecule has 0 fully saturated rings. The second kappa shape index (κ2) is 4.97. The Morgan fingerprint density at radius 1 is 1.76 bits per heavy atom. The number of ether oxygens (including phenoxy) is 1. The van der Waals surface area contributed by atoms with E-state index < -0.39 is 22.4 Å². The van der Waals surface area contributed by atoms with E-state index in [1.807, 2.05) is 0 Å². The first kappa shape index (κ1) is 13.9. The number of aliphatic carboxylic acids is 1. The SMILES string of the molecule is COC1(C)C=C(CBr)C(C(=O)O)C=C1[N+](=O)[O-]. The molecule has 1 aliphatic rings. The molecule has 0 saturated carbocycles. The number of hydrogen-bond acceptors (Lipinski definition) is 4. The lowest BCUT2D eigenvalue weighted by Crippen LogP contribution is -2.37. The third kappa shape index (κ3) is 2.55. The van der Waals surface area contributed by atoms with E-state index in [0.29, 0.717) is 10.9 Å². The van der Waals surface area contributed by atoms with Crippen molar-refractivity contribution in [3.63, 3.8) is 0 Å². The maximum Gasteiger partial charge on any atom is 0.314 e. The zero-order valence-corrected chi connectivity index (χ0v) is 10.9. The fourth-order valence-corrected chi connectivity index (χ4v) is 2.22. The summed E-state index contributed by atoms with van der Waals surface area (Å²) in [7, 11) is 1.35. The fourth-order valence-electron chi connectivity index (χ4n) is 1.71. The van der Waals surface area contributed by atoms with Gasteiger partial charge in [-0.25, -0.2) is 0 Å². The van der Waals surface area contributed by atoms with E-state index in [1.165, 1.54) is 20.1 Å². The van der Waals surface area contributed by atoms with Gasteiger partial charge in [-0.1, -0.05) is 15.9 Å². The van der Waals surface area contributed by atoms with Crippen molar-refractivity contribution >= 4 is 21.9 Å². The van der Waals surface area contributed by atoms with E-state index >= 15 is 0 Å². The van der Waals surface area contributed by atoms with Gasteiger partial charge >= 0.3 is 5.97 Å². The van der Waals surface area contributed by atoms with Crippen molar-refractivity contribution in [2.75, 3.05) is 12.4 Å². The number of nitrogens with zero attached hydrogens (tertiary/aromatic N) is 1. The van der Waals surface area contributed by atoms with E-state index in [2.05, 4.69) is 15.9 Å². The molecule has 17 heavy (non-hydrogen) atoms. The van der Waals surface area contributed by atoms with Gasteiger partial charge in [0.25, 0.3) is 5.70 Å². The number of rotatable bonds is 4. The Morgan fingerprint density at radius 3 is 2.71 bits per heavy atom. The van der Waals surface area contributed by atoms with E-state index in [9.17, 15) is 14.9 Å². The summed E-state index contributed by atoms with van der Waals surface area (Å²) >= 11 is 3.17. The van der Waals surface area contributed by atoms with E-state index in [-0.39, 0.29) is 5.70 Å². The molecule has 7 heteroatoms. The van der Waals surface area contributed by atoms with Crippen molar-refractivity contribution < 1.29 is 19.6 Å². The molecule has 0 aromatic rings. The molecule has 0 aromatic carbocycles. The van der Waals surface area contributed by atoms with Crippen LogP contribution in [0.1, 0.15) is 6.92 Å². The van der Waals surface area contributed by atoms with Gasteiger partial charge in [0, 0.05) is 18.5 Å². The van der Waals surface area contributed by atoms with Crippen molar-refractivity contribution in [2.24, 2.45) is 5.92 Å². The number of carbonyl (C=O) groups is 1. The maximum atomic E-state index is 11.0. The molecule has 94 valence electrons. The molecule has 2 unspecified atom stereocenters. The van der Waals surface area contributed by atoms with Gasteiger partial charge in [0.2, 0.25) is 0 Å². The highest BCUT2D eigenvalue weighted by molar-refractivity contribution is 9.09. The standard InChI is InChI=1S/C10H12BrNO5/c1-10(17-2)4-6(5-11)7(9(13)14)3-8(10)12(15)16/h3-4,7H,5H2,1-2H3,(H,13,14). The third-order valence-corrected chi connectivity index (χ3v) is 3.38. The van der Waals surface area contributed by atoms with E-state index in [0.717, 1.165) is 6.08 Å². The summed E-state index contributed by atoms with van der Waals surface area (Å²) in [5, 5.41) is 20.3. The first-order valence-electron chi connectivity index (χ1n) is 4.78. The lowest BCUT2D eigenvalue weighted by molar-refractivity contribution is -0.442. The molecule has 0 aliphatic heterocycles. The molecule has 1 aliphatic carbocycles. The molecule has 0 aromatic heterocycles. The number of halogens is 1. The van der Waals surface area contributed by atoms with E-state index in [4.69, 9.17) is 9.84 Å². The average Bonchev–Trinajstić information content (AvgIpc) is 2.27. The van der Waals surface area contributed by atoms with Crippen LogP contribution in [0.25, 0.3) is 0 Å². The first-order valence-corrected chi connectivity index (χ1v) is 5.90. The van der Waals surface area contributed by atoms with Crippen LogP contribution < -0.4 is 0 Å². The first-order chi connectivity index (χ1) is 7.85. The summed E-state index contributed by atoms with van der Waals surface area (Å²) in [6, 6.07) is 0. The van der Waals surface area contributed by atoms with Gasteiger partial charge in [-0.2, -0.15) is 0 Å². The smallest absolute Gasteiger partial charge is 0.314 e. The van der Waals surface area contributed by atoms with Crippen LogP contribution in [-0.4, -0.2) is 34.0 Å². The van der Waals surface area contributed by atoms with Crippen molar-refractivity contribution in [3.05, 3.63) is 33.5 Å². The topological polar surface area (TPSA) is 89.7 Å². The van der Waals surface area contributed by atoms with Gasteiger partial charge in [-0.05, 0) is 18.6 Å². The second-order valence-electron chi connectivity index (χ2n) is 3.79. The molecule has 2 atom stereocenters. The highest BCUT2D eigenvalue weighted by atomic mass is 79.9. The molecule has 1 N–H and O–H groups in total. The van der Waals surface area contributed by atoms with Crippen LogP contribution in [0, 0.1) is 16.0 Å². The van der Waals surface area contributed by atoms with E-state index in [1.54, 1.807) is 0 Å². The number of alkyl halides is 1. The quantitative estimate of drug-likeness (QED) is 0.369. The molecule has 6 nitrogen and oxygen atoms in total. The Balaban J connectivity index is 3.29. The van der Waals surface area contributed by atoms with Crippen LogP contribution in [0.5, 0.6) is 0 Å². The average molecular weight is 306 g/mol. The van der Waals surface area contributed by atoms with Gasteiger partial charge in [-0.3, -0.25) is 14.9 Å². The van der Waals surface area contributed by atoms with Gasteiger partial charge < -0.3 is 9.84 Å². The fraction of sp³-hybridized carbons (Fsp3) is 0.500. The lowest BCUT2D eigenvalue weighted by atomic mass is 9.85. The number of carboxylic acid groups (broad SMARTS) is 1. The minimum atomic E-state index is -1.20. The van der Waals surface area contributed by atoms with Crippen LogP contribution in [0.2, 0.25) is 0 Å². The zero-order chi connectivity index (χ0) is 13.2. The van der Waals surface area contributed by atoms with Crippen LogP contribution in [0.4, 0.5) is 0 Å². The molecule has 1 rings (SSSR count). The number of methoxy groups -OCH3 is 1. The van der Waals surface area contributed by atoms with Crippen LogP contribution in [-0.2, 0) is 9.53 Å². The monoisotopic (exact) mass is 305 g/mol. The minimum Gasteiger partial charge on any atom is -0.481 e. The highest BCUT2D eigenvalue weighted by Gasteiger charge is 2.43. The molecule has 0 spiro atoms. The Morgan fingerprint density at radius 2 is 2.35 bits per heavy atom. The normalized spacial score (nSPS) is 28.3. The van der Waals surface area contributed by atoms with Crippen LogP contribution in [0.15, 0.2) is 23.4 Å². The highest BCUT2D eigenvalue weighted by Crippen LogP contribution is 2.34. The van der Waals surface area contributed by atoms with Crippen molar-refractivity contribution in [2.45, 2.75) is 12.5 Å². The lowest BCUT2D eigenvalue weighted by Gasteiger charge is -2.28. The number of nitro groups is 1. The summed E-state index contributed by atoms with van der Waals surface area (Å²) in [6.07, 6.45) is 2.61. The molecule has 0 heterocycles. The number of carboxylic acids is 1. The van der Waals surface area contributed by atoms with Crippen molar-refractivity contribution in [3.8, 4) is 0 Å². The summed E-state index contributed by atoms with van der Waals surface area (Å²) < 4.78 is 5.11. The van der Waals surface area contributed by atoms with Crippen molar-refractivity contribution in [1.29, 1.82) is 0 Å².